The van der Waals surface area contributed by atoms with Gasteiger partial charge in [0.25, 0.3) is 5.91 Å². The molecule has 1 aromatic heterocycles. The van der Waals surface area contributed by atoms with Crippen LogP contribution in [0.4, 0.5) is 13.2 Å². The third kappa shape index (κ3) is 4.41. The topological polar surface area (TPSA) is 84.2 Å². The number of rotatable bonds is 7. The van der Waals surface area contributed by atoms with Gasteiger partial charge >= 0.3 is 12.1 Å². The second-order valence-corrected chi connectivity index (χ2v) is 5.66. The first kappa shape index (κ1) is 19.5. The second kappa shape index (κ2) is 8.03. The molecule has 0 bridgehead atoms. The van der Waals surface area contributed by atoms with Crippen molar-refractivity contribution < 1.29 is 27.9 Å². The number of carbonyl (C=O) groups excluding carboxylic acids is 1. The maximum absolute atomic E-state index is 13.5. The number of para-hydroxylation sites is 1. The highest BCUT2D eigenvalue weighted by atomic mass is 19.4. The Morgan fingerprint density at radius 2 is 1.92 bits per heavy atom. The summed E-state index contributed by atoms with van der Waals surface area (Å²) in [7, 11) is 0. The number of aliphatic carboxylic acids is 1. The van der Waals surface area contributed by atoms with Crippen LogP contribution >= 0.6 is 0 Å². The van der Waals surface area contributed by atoms with Crippen molar-refractivity contribution in [1.82, 2.24) is 15.1 Å². The van der Waals surface area contributed by atoms with E-state index < -0.39 is 35.4 Å². The second-order valence-electron chi connectivity index (χ2n) is 5.66. The van der Waals surface area contributed by atoms with Gasteiger partial charge in [0.05, 0.1) is 17.4 Å². The van der Waals surface area contributed by atoms with Gasteiger partial charge in [0.2, 0.25) is 0 Å². The number of carboxylic acid groups (broad SMARTS) is 1. The van der Waals surface area contributed by atoms with Crippen LogP contribution in [0.1, 0.15) is 42.2 Å². The van der Waals surface area contributed by atoms with Gasteiger partial charge in [-0.2, -0.15) is 18.3 Å². The van der Waals surface area contributed by atoms with Crippen molar-refractivity contribution in [3.8, 4) is 5.69 Å². The van der Waals surface area contributed by atoms with Crippen molar-refractivity contribution in [2.75, 3.05) is 0 Å². The first-order chi connectivity index (χ1) is 12.3. The van der Waals surface area contributed by atoms with E-state index in [9.17, 15) is 22.8 Å². The normalized spacial score (nSPS) is 12.6. The van der Waals surface area contributed by atoms with Gasteiger partial charge in [0.15, 0.2) is 5.69 Å². The van der Waals surface area contributed by atoms with Gasteiger partial charge in [0.1, 0.15) is 6.04 Å². The zero-order valence-corrected chi connectivity index (χ0v) is 14.0. The van der Waals surface area contributed by atoms with E-state index in [4.69, 9.17) is 5.11 Å². The predicted octanol–water partition coefficient (Wildman–Crippen LogP) is 3.26. The molecule has 140 valence electrons. The molecule has 1 amide bonds. The number of carbonyl (C=O) groups is 2. The molecule has 0 radical (unpaired) electrons. The number of aromatic nitrogens is 2. The Kier molecular flexibility index (Phi) is 6.01. The Morgan fingerprint density at radius 3 is 2.46 bits per heavy atom. The minimum Gasteiger partial charge on any atom is -0.480 e. The van der Waals surface area contributed by atoms with Crippen LogP contribution < -0.4 is 5.32 Å². The molecule has 2 N–H and O–H groups in total. The lowest BCUT2D eigenvalue weighted by atomic mass is 10.1. The smallest absolute Gasteiger partial charge is 0.434 e. The molecule has 0 aliphatic carbocycles. The van der Waals surface area contributed by atoms with Crippen molar-refractivity contribution in [3.05, 3.63) is 47.8 Å². The summed E-state index contributed by atoms with van der Waals surface area (Å²) in [5, 5.41) is 15.0. The molecular formula is C17H18F3N3O3. The Hall–Kier alpha value is -2.84. The number of hydrogen-bond acceptors (Lipinski definition) is 3. The standard InChI is InChI=1S/C17H18F3N3O3/c1-2-3-9-13(16(25)26)22-15(24)12-10-21-23(14(12)17(18,19)20)11-7-5-4-6-8-11/h4-8,10,13H,2-3,9H2,1H3,(H,22,24)(H,25,26). The average Bonchev–Trinajstić information content (AvgIpc) is 3.04. The molecule has 2 rings (SSSR count). The molecule has 1 heterocycles. The molecule has 0 spiro atoms. The summed E-state index contributed by atoms with van der Waals surface area (Å²) in [4.78, 5) is 23.5. The molecular weight excluding hydrogens is 351 g/mol. The molecule has 1 atom stereocenters. The van der Waals surface area contributed by atoms with Gasteiger partial charge in [0, 0.05) is 0 Å². The van der Waals surface area contributed by atoms with E-state index in [0.29, 0.717) is 17.5 Å². The maximum atomic E-state index is 13.5. The Labute approximate surface area is 147 Å². The lowest BCUT2D eigenvalue weighted by Gasteiger charge is -2.16. The number of alkyl halides is 3. The Balaban J connectivity index is 2.38. The first-order valence-electron chi connectivity index (χ1n) is 8.00. The Morgan fingerprint density at radius 1 is 1.27 bits per heavy atom. The highest BCUT2D eigenvalue weighted by Crippen LogP contribution is 2.33. The first-order valence-corrected chi connectivity index (χ1v) is 8.00. The van der Waals surface area contributed by atoms with E-state index >= 15 is 0 Å². The zero-order valence-electron chi connectivity index (χ0n) is 14.0. The summed E-state index contributed by atoms with van der Waals surface area (Å²) in [6.45, 7) is 1.84. The van der Waals surface area contributed by atoms with Crippen LogP contribution in [0.25, 0.3) is 5.69 Å². The maximum Gasteiger partial charge on any atom is 0.434 e. The highest BCUT2D eigenvalue weighted by molar-refractivity contribution is 5.97. The van der Waals surface area contributed by atoms with E-state index in [0.717, 1.165) is 6.20 Å². The predicted molar refractivity (Wildman–Crippen MR) is 87.0 cm³/mol. The van der Waals surface area contributed by atoms with Gasteiger partial charge < -0.3 is 10.4 Å². The van der Waals surface area contributed by atoms with Crippen LogP contribution in [-0.4, -0.2) is 32.8 Å². The summed E-state index contributed by atoms with van der Waals surface area (Å²) in [5.74, 6) is -2.42. The van der Waals surface area contributed by atoms with E-state index in [-0.39, 0.29) is 12.1 Å². The fourth-order valence-corrected chi connectivity index (χ4v) is 2.45. The molecule has 0 saturated carbocycles. The van der Waals surface area contributed by atoms with E-state index in [1.54, 1.807) is 18.2 Å². The average molecular weight is 369 g/mol. The molecule has 1 aromatic carbocycles. The summed E-state index contributed by atoms with van der Waals surface area (Å²) >= 11 is 0. The minimum atomic E-state index is -4.85. The van der Waals surface area contributed by atoms with Gasteiger partial charge in [-0.15, -0.1) is 0 Å². The molecule has 2 aromatic rings. The van der Waals surface area contributed by atoms with Crippen LogP contribution in [0, 0.1) is 0 Å². The number of nitrogens with one attached hydrogen (secondary N) is 1. The van der Waals surface area contributed by atoms with Crippen molar-refractivity contribution in [2.45, 2.75) is 38.4 Å². The van der Waals surface area contributed by atoms with Gasteiger partial charge in [-0.1, -0.05) is 38.0 Å². The number of halogens is 3. The van der Waals surface area contributed by atoms with Crippen LogP contribution in [-0.2, 0) is 11.0 Å². The van der Waals surface area contributed by atoms with E-state index in [2.05, 4.69) is 10.4 Å². The third-order valence-corrected chi connectivity index (χ3v) is 3.73. The zero-order chi connectivity index (χ0) is 19.3. The molecule has 0 saturated heterocycles. The number of amides is 1. The largest absolute Gasteiger partial charge is 0.480 e. The number of nitrogens with zero attached hydrogens (tertiary/aromatic N) is 2. The summed E-state index contributed by atoms with van der Waals surface area (Å²) in [5.41, 5.74) is -1.83. The SMILES string of the molecule is CCCCC(NC(=O)c1cnn(-c2ccccc2)c1C(F)(F)F)C(=O)O. The number of carboxylic acids is 1. The van der Waals surface area contributed by atoms with Crippen molar-refractivity contribution >= 4 is 11.9 Å². The summed E-state index contributed by atoms with van der Waals surface area (Å²) < 4.78 is 41.2. The summed E-state index contributed by atoms with van der Waals surface area (Å²) in [6.07, 6.45) is -2.71. The van der Waals surface area contributed by atoms with E-state index in [1.165, 1.54) is 12.1 Å². The lowest BCUT2D eigenvalue weighted by Crippen LogP contribution is -2.41. The summed E-state index contributed by atoms with van der Waals surface area (Å²) in [6, 6.07) is 6.31. The molecule has 0 aliphatic heterocycles. The van der Waals surface area contributed by atoms with Crippen LogP contribution in [0.3, 0.4) is 0 Å². The van der Waals surface area contributed by atoms with Gasteiger partial charge in [-0.3, -0.25) is 4.79 Å². The fourth-order valence-electron chi connectivity index (χ4n) is 2.45. The van der Waals surface area contributed by atoms with Crippen molar-refractivity contribution in [2.24, 2.45) is 0 Å². The number of benzene rings is 1. The number of unbranched alkanes of at least 4 members (excludes halogenated alkanes) is 1. The van der Waals surface area contributed by atoms with Crippen molar-refractivity contribution in [3.63, 3.8) is 0 Å². The highest BCUT2D eigenvalue weighted by Gasteiger charge is 2.41. The van der Waals surface area contributed by atoms with E-state index in [1.807, 2.05) is 6.92 Å². The fraction of sp³-hybridized carbons (Fsp3) is 0.353. The van der Waals surface area contributed by atoms with Gasteiger partial charge in [-0.25, -0.2) is 9.48 Å². The lowest BCUT2D eigenvalue weighted by molar-refractivity contribution is -0.143. The van der Waals surface area contributed by atoms with Crippen LogP contribution in [0.2, 0.25) is 0 Å². The monoisotopic (exact) mass is 369 g/mol. The minimum absolute atomic E-state index is 0.131. The van der Waals surface area contributed by atoms with Gasteiger partial charge in [-0.05, 0) is 18.6 Å². The number of hydrogen-bond donors (Lipinski definition) is 2. The molecule has 1 unspecified atom stereocenters. The third-order valence-electron chi connectivity index (χ3n) is 3.73. The molecule has 6 nitrogen and oxygen atoms in total. The quantitative estimate of drug-likeness (QED) is 0.785. The molecule has 0 fully saturated rings. The van der Waals surface area contributed by atoms with Crippen LogP contribution in [0.5, 0.6) is 0 Å². The molecule has 0 aliphatic rings. The molecule has 9 heteroatoms. The van der Waals surface area contributed by atoms with Crippen LogP contribution in [0.15, 0.2) is 36.5 Å². The Bertz CT molecular complexity index is 773. The van der Waals surface area contributed by atoms with Crippen molar-refractivity contribution in [1.29, 1.82) is 0 Å². The molecule has 26 heavy (non-hydrogen) atoms.